The molecule has 0 aliphatic heterocycles. The summed E-state index contributed by atoms with van der Waals surface area (Å²) >= 11 is 0. The maximum absolute atomic E-state index is 12.7. The summed E-state index contributed by atoms with van der Waals surface area (Å²) in [4.78, 5) is 24.5. The number of nitrogens with one attached hydrogen (secondary N) is 1. The van der Waals surface area contributed by atoms with E-state index in [0.717, 1.165) is 35.3 Å². The molecule has 1 amide bonds. The Labute approximate surface area is 172 Å². The van der Waals surface area contributed by atoms with Crippen LogP contribution in [0.15, 0.2) is 48.5 Å². The minimum atomic E-state index is -4.50. The van der Waals surface area contributed by atoms with Crippen LogP contribution in [0.1, 0.15) is 21.5 Å². The molecule has 0 saturated heterocycles. The second-order valence-corrected chi connectivity index (χ2v) is 6.37. The van der Waals surface area contributed by atoms with Crippen molar-refractivity contribution >= 4 is 24.5 Å². The summed E-state index contributed by atoms with van der Waals surface area (Å²) in [5.74, 6) is -1.36. The van der Waals surface area contributed by atoms with Gasteiger partial charge in [0, 0.05) is 26.2 Å². The number of halogens is 3. The Morgan fingerprint density at radius 3 is 2.00 bits per heavy atom. The third kappa shape index (κ3) is 6.07. The summed E-state index contributed by atoms with van der Waals surface area (Å²) in [7, 11) is 3.66. The van der Waals surface area contributed by atoms with Gasteiger partial charge in [-0.05, 0) is 35.3 Å². The maximum atomic E-state index is 12.7. The van der Waals surface area contributed by atoms with Crippen LogP contribution in [-0.4, -0.2) is 46.4 Å². The van der Waals surface area contributed by atoms with Crippen LogP contribution in [0.5, 0.6) is 0 Å². The molecular weight excluding hydrogens is 402 g/mol. The van der Waals surface area contributed by atoms with E-state index in [4.69, 9.17) is 14.0 Å². The first kappa shape index (κ1) is 23.4. The topological polar surface area (TPSA) is 73.9 Å². The lowest BCUT2D eigenvalue weighted by atomic mass is 9.78. The maximum Gasteiger partial charge on any atom is 0.493 e. The number of esters is 1. The molecule has 2 aromatic carbocycles. The Balaban J connectivity index is 2.12. The number of hydrogen-bond donors (Lipinski definition) is 1. The number of alkyl halides is 3. The fraction of sp³-hybridized carbons (Fsp3) is 0.300. The van der Waals surface area contributed by atoms with Crippen molar-refractivity contribution in [1.82, 2.24) is 5.32 Å². The zero-order valence-electron chi connectivity index (χ0n) is 16.7. The van der Waals surface area contributed by atoms with Crippen LogP contribution in [0.2, 0.25) is 0 Å². The molecule has 0 radical (unpaired) electrons. The summed E-state index contributed by atoms with van der Waals surface area (Å²) < 4.78 is 53.1. The minimum Gasteiger partial charge on any atom is -0.467 e. The molecule has 2 aromatic rings. The molecule has 6 nitrogen and oxygen atoms in total. The van der Waals surface area contributed by atoms with Crippen LogP contribution in [0.25, 0.3) is 0 Å². The zero-order chi connectivity index (χ0) is 22.3. The zero-order valence-corrected chi connectivity index (χ0v) is 16.7. The van der Waals surface area contributed by atoms with Crippen molar-refractivity contribution in [3.8, 4) is 0 Å². The highest BCUT2D eigenvalue weighted by atomic mass is 19.4. The predicted octanol–water partition coefficient (Wildman–Crippen LogP) is 2.21. The molecule has 30 heavy (non-hydrogen) atoms. The first-order chi connectivity index (χ1) is 14.2. The van der Waals surface area contributed by atoms with Gasteiger partial charge in [0.05, 0.1) is 12.7 Å². The predicted molar refractivity (Wildman–Crippen MR) is 104 cm³/mol. The number of amides is 1. The summed E-state index contributed by atoms with van der Waals surface area (Å²) in [6.45, 7) is 0. The van der Waals surface area contributed by atoms with Gasteiger partial charge in [0.1, 0.15) is 6.04 Å². The van der Waals surface area contributed by atoms with Gasteiger partial charge in [0.2, 0.25) is 0 Å². The van der Waals surface area contributed by atoms with Gasteiger partial charge < -0.3 is 19.4 Å². The molecule has 10 heteroatoms. The van der Waals surface area contributed by atoms with Crippen molar-refractivity contribution in [2.75, 3.05) is 21.3 Å². The summed E-state index contributed by atoms with van der Waals surface area (Å²) in [6, 6.07) is 9.73. The number of rotatable bonds is 8. The number of ether oxygens (including phenoxy) is 1. The molecular formula is C20H21BF3NO5. The number of carbonyl (C=O) groups is 2. The molecule has 0 saturated carbocycles. The van der Waals surface area contributed by atoms with E-state index in [2.05, 4.69) is 5.32 Å². The highest BCUT2D eigenvalue weighted by Crippen LogP contribution is 2.29. The van der Waals surface area contributed by atoms with Crippen LogP contribution in [0.3, 0.4) is 0 Å². The van der Waals surface area contributed by atoms with E-state index in [-0.39, 0.29) is 12.0 Å². The molecule has 0 spiro atoms. The molecule has 0 aliphatic carbocycles. The first-order valence-electron chi connectivity index (χ1n) is 8.90. The smallest absolute Gasteiger partial charge is 0.467 e. The van der Waals surface area contributed by atoms with Crippen molar-refractivity contribution < 1.29 is 36.8 Å². The minimum absolute atomic E-state index is 0.00437. The number of methoxy groups -OCH3 is 1. The van der Waals surface area contributed by atoms with Crippen molar-refractivity contribution in [1.29, 1.82) is 0 Å². The van der Waals surface area contributed by atoms with Gasteiger partial charge in [-0.2, -0.15) is 13.2 Å². The molecule has 2 rings (SSSR count). The van der Waals surface area contributed by atoms with Crippen molar-refractivity contribution in [2.45, 2.75) is 18.6 Å². The van der Waals surface area contributed by atoms with Gasteiger partial charge in [-0.15, -0.1) is 0 Å². The fourth-order valence-corrected chi connectivity index (χ4v) is 2.80. The van der Waals surface area contributed by atoms with Crippen LogP contribution >= 0.6 is 0 Å². The Kier molecular flexibility index (Phi) is 8.02. The molecule has 0 fully saturated rings. The van der Waals surface area contributed by atoms with Gasteiger partial charge in [0.15, 0.2) is 0 Å². The molecule has 0 aromatic heterocycles. The highest BCUT2D eigenvalue weighted by Gasteiger charge is 2.30. The average molecular weight is 423 g/mol. The second-order valence-electron chi connectivity index (χ2n) is 6.37. The van der Waals surface area contributed by atoms with E-state index < -0.39 is 36.8 Å². The van der Waals surface area contributed by atoms with Crippen LogP contribution in [0, 0.1) is 0 Å². The van der Waals surface area contributed by atoms with Gasteiger partial charge in [-0.25, -0.2) is 4.79 Å². The molecule has 0 bridgehead atoms. The molecule has 0 unspecified atom stereocenters. The van der Waals surface area contributed by atoms with Crippen molar-refractivity contribution in [3.63, 3.8) is 0 Å². The Morgan fingerprint density at radius 2 is 1.53 bits per heavy atom. The Morgan fingerprint density at radius 1 is 0.967 bits per heavy atom. The monoisotopic (exact) mass is 423 g/mol. The lowest BCUT2D eigenvalue weighted by Crippen LogP contribution is -2.43. The normalized spacial score (nSPS) is 12.2. The van der Waals surface area contributed by atoms with Crippen molar-refractivity contribution in [2.24, 2.45) is 0 Å². The van der Waals surface area contributed by atoms with E-state index in [1.54, 1.807) is 24.3 Å². The third-order valence-corrected chi connectivity index (χ3v) is 4.39. The van der Waals surface area contributed by atoms with E-state index in [9.17, 15) is 22.8 Å². The van der Waals surface area contributed by atoms with Gasteiger partial charge in [0.25, 0.3) is 5.91 Å². The number of carbonyl (C=O) groups excluding carboxylic acids is 2. The largest absolute Gasteiger partial charge is 0.493 e. The SMILES string of the molecule is COB(OC)c1ccc(C[C@H](NC(=O)c2ccc(C(F)(F)F)cc2)C(=O)OC)cc1. The van der Waals surface area contributed by atoms with Crippen LogP contribution in [-0.2, 0) is 31.4 Å². The highest BCUT2D eigenvalue weighted by molar-refractivity contribution is 6.61. The second kappa shape index (κ2) is 10.3. The van der Waals surface area contributed by atoms with E-state index >= 15 is 0 Å². The van der Waals surface area contributed by atoms with E-state index in [0.29, 0.717) is 0 Å². The van der Waals surface area contributed by atoms with E-state index in [1.807, 2.05) is 0 Å². The van der Waals surface area contributed by atoms with Gasteiger partial charge in [-0.1, -0.05) is 24.3 Å². The van der Waals surface area contributed by atoms with Crippen molar-refractivity contribution in [3.05, 3.63) is 65.2 Å². The third-order valence-electron chi connectivity index (χ3n) is 4.39. The molecule has 160 valence electrons. The molecule has 1 N–H and O–H groups in total. The Bertz CT molecular complexity index is 852. The summed E-state index contributed by atoms with van der Waals surface area (Å²) in [5.41, 5.74) is 0.629. The molecule has 0 aliphatic rings. The fourth-order valence-electron chi connectivity index (χ4n) is 2.80. The summed E-state index contributed by atoms with van der Waals surface area (Å²) in [6.07, 6.45) is -4.37. The first-order valence-corrected chi connectivity index (χ1v) is 8.90. The molecule has 0 heterocycles. The van der Waals surface area contributed by atoms with Crippen LogP contribution in [0.4, 0.5) is 13.2 Å². The number of benzene rings is 2. The summed E-state index contributed by atoms with van der Waals surface area (Å²) in [5, 5.41) is 2.51. The quantitative estimate of drug-likeness (QED) is 0.521. The van der Waals surface area contributed by atoms with Gasteiger partial charge in [-0.3, -0.25) is 4.79 Å². The number of hydrogen-bond acceptors (Lipinski definition) is 5. The lowest BCUT2D eigenvalue weighted by molar-refractivity contribution is -0.142. The lowest BCUT2D eigenvalue weighted by Gasteiger charge is -2.17. The van der Waals surface area contributed by atoms with Crippen LogP contribution < -0.4 is 10.8 Å². The van der Waals surface area contributed by atoms with E-state index in [1.165, 1.54) is 21.3 Å². The standard InChI is InChI=1S/C20H21BF3NO5/c1-28-19(27)17(12-13-4-10-16(11-5-13)21(29-2)30-3)25-18(26)14-6-8-15(9-7-14)20(22,23)24/h4-11,17H,12H2,1-3H3,(H,25,26)/t17-/m0/s1. The Hall–Kier alpha value is -2.85. The average Bonchev–Trinajstić information content (AvgIpc) is 2.74. The van der Waals surface area contributed by atoms with Gasteiger partial charge >= 0.3 is 19.3 Å². The molecule has 1 atom stereocenters.